The van der Waals surface area contributed by atoms with Gasteiger partial charge in [0.15, 0.2) is 0 Å². The molecule has 0 spiro atoms. The van der Waals surface area contributed by atoms with Crippen LogP contribution in [0.15, 0.2) is 24.3 Å². The van der Waals surface area contributed by atoms with Gasteiger partial charge in [-0.2, -0.15) is 0 Å². The van der Waals surface area contributed by atoms with Crippen molar-refractivity contribution < 1.29 is 19.4 Å². The lowest BCUT2D eigenvalue weighted by Crippen LogP contribution is -2.23. The van der Waals surface area contributed by atoms with Crippen LogP contribution in [0.3, 0.4) is 0 Å². The molecule has 0 amide bonds. The van der Waals surface area contributed by atoms with Crippen molar-refractivity contribution in [1.29, 1.82) is 0 Å². The highest BCUT2D eigenvalue weighted by Gasteiger charge is 2.14. The topological polar surface area (TPSA) is 55.8 Å². The van der Waals surface area contributed by atoms with Gasteiger partial charge in [0.2, 0.25) is 0 Å². The molecule has 16 heavy (non-hydrogen) atoms. The van der Waals surface area contributed by atoms with Crippen molar-refractivity contribution >= 4 is 17.6 Å². The second kappa shape index (κ2) is 6.35. The Labute approximate surface area is 98.7 Å². The van der Waals surface area contributed by atoms with Gasteiger partial charge in [-0.05, 0) is 24.3 Å². The van der Waals surface area contributed by atoms with Gasteiger partial charge in [0.1, 0.15) is 11.9 Å². The Morgan fingerprint density at radius 3 is 2.50 bits per heavy atom. The highest BCUT2D eigenvalue weighted by molar-refractivity contribution is 6.18. The number of aliphatic hydroxyl groups is 1. The number of carbonyl (C=O) groups is 1. The SMILES string of the molecule is COc1ccc(C(=O)OC(CO)CCl)cc1. The van der Waals surface area contributed by atoms with Gasteiger partial charge in [-0.25, -0.2) is 4.79 Å². The molecule has 0 aromatic heterocycles. The first-order valence-corrected chi connectivity index (χ1v) is 5.26. The number of hydrogen-bond acceptors (Lipinski definition) is 4. The smallest absolute Gasteiger partial charge is 0.338 e. The minimum atomic E-state index is -0.670. The molecular weight excluding hydrogens is 232 g/mol. The van der Waals surface area contributed by atoms with E-state index in [1.807, 2.05) is 0 Å². The van der Waals surface area contributed by atoms with Crippen LogP contribution in [0.1, 0.15) is 10.4 Å². The number of halogens is 1. The third kappa shape index (κ3) is 3.40. The first-order chi connectivity index (χ1) is 7.71. The van der Waals surface area contributed by atoms with Crippen LogP contribution >= 0.6 is 11.6 Å². The molecule has 1 unspecified atom stereocenters. The maximum absolute atomic E-state index is 11.5. The highest BCUT2D eigenvalue weighted by Crippen LogP contribution is 2.12. The second-order valence-corrected chi connectivity index (χ2v) is 3.40. The van der Waals surface area contributed by atoms with E-state index < -0.39 is 12.1 Å². The van der Waals surface area contributed by atoms with Gasteiger partial charge >= 0.3 is 5.97 Å². The molecule has 1 N–H and O–H groups in total. The summed E-state index contributed by atoms with van der Waals surface area (Å²) in [4.78, 5) is 11.5. The predicted octanol–water partition coefficient (Wildman–Crippen LogP) is 1.45. The quantitative estimate of drug-likeness (QED) is 0.629. The first-order valence-electron chi connectivity index (χ1n) is 4.73. The molecule has 0 radical (unpaired) electrons. The standard InChI is InChI=1S/C11H13ClO4/c1-15-9-4-2-8(3-5-9)11(14)16-10(6-12)7-13/h2-5,10,13H,6-7H2,1H3. The molecule has 0 aliphatic rings. The van der Waals surface area contributed by atoms with E-state index in [4.69, 9.17) is 26.2 Å². The van der Waals surface area contributed by atoms with Crippen LogP contribution in [0.4, 0.5) is 0 Å². The van der Waals surface area contributed by atoms with E-state index in [9.17, 15) is 4.79 Å². The number of esters is 1. The molecule has 0 saturated heterocycles. The van der Waals surface area contributed by atoms with E-state index in [0.29, 0.717) is 11.3 Å². The molecule has 88 valence electrons. The van der Waals surface area contributed by atoms with Gasteiger partial charge in [-0.3, -0.25) is 0 Å². The van der Waals surface area contributed by atoms with Crippen LogP contribution in [-0.2, 0) is 4.74 Å². The number of benzene rings is 1. The summed E-state index contributed by atoms with van der Waals surface area (Å²) in [6.07, 6.45) is -0.670. The van der Waals surface area contributed by atoms with Gasteiger partial charge in [0, 0.05) is 0 Å². The lowest BCUT2D eigenvalue weighted by Gasteiger charge is -2.12. The van der Waals surface area contributed by atoms with E-state index in [2.05, 4.69) is 0 Å². The zero-order valence-electron chi connectivity index (χ0n) is 8.85. The monoisotopic (exact) mass is 244 g/mol. The average molecular weight is 245 g/mol. The summed E-state index contributed by atoms with van der Waals surface area (Å²) in [6, 6.07) is 6.49. The number of carbonyl (C=O) groups excluding carboxylic acids is 1. The van der Waals surface area contributed by atoms with Crippen LogP contribution in [0, 0.1) is 0 Å². The Bertz CT molecular complexity index is 332. The second-order valence-electron chi connectivity index (χ2n) is 3.09. The number of ether oxygens (including phenoxy) is 2. The Hall–Kier alpha value is -1.26. The fourth-order valence-electron chi connectivity index (χ4n) is 1.06. The summed E-state index contributed by atoms with van der Waals surface area (Å²) in [5.74, 6) is 0.216. The molecule has 0 bridgehead atoms. The zero-order chi connectivity index (χ0) is 12.0. The number of rotatable bonds is 5. The molecule has 1 rings (SSSR count). The first kappa shape index (κ1) is 12.8. The fourth-order valence-corrected chi connectivity index (χ4v) is 1.22. The van der Waals surface area contributed by atoms with Gasteiger partial charge in [0.25, 0.3) is 0 Å². The van der Waals surface area contributed by atoms with Crippen molar-refractivity contribution in [3.05, 3.63) is 29.8 Å². The van der Waals surface area contributed by atoms with E-state index in [-0.39, 0.29) is 12.5 Å². The van der Waals surface area contributed by atoms with Crippen LogP contribution in [-0.4, -0.2) is 36.8 Å². The number of hydrogen-bond donors (Lipinski definition) is 1. The predicted molar refractivity (Wildman–Crippen MR) is 60.0 cm³/mol. The van der Waals surface area contributed by atoms with Gasteiger partial charge in [-0.15, -0.1) is 11.6 Å². The molecule has 0 saturated carbocycles. The van der Waals surface area contributed by atoms with E-state index >= 15 is 0 Å². The van der Waals surface area contributed by atoms with Crippen LogP contribution in [0.25, 0.3) is 0 Å². The molecule has 0 aliphatic heterocycles. The van der Waals surface area contributed by atoms with E-state index in [0.717, 1.165) is 0 Å². The van der Waals surface area contributed by atoms with Crippen LogP contribution in [0.2, 0.25) is 0 Å². The molecule has 1 aromatic carbocycles. The minimum absolute atomic E-state index is 0.0679. The summed E-state index contributed by atoms with van der Waals surface area (Å²) >= 11 is 5.49. The summed E-state index contributed by atoms with van der Waals surface area (Å²) in [5.41, 5.74) is 0.393. The van der Waals surface area contributed by atoms with Crippen molar-refractivity contribution in [3.63, 3.8) is 0 Å². The Kier molecular flexibility index (Phi) is 5.08. The van der Waals surface area contributed by atoms with Crippen molar-refractivity contribution in [1.82, 2.24) is 0 Å². The van der Waals surface area contributed by atoms with Crippen molar-refractivity contribution in [2.75, 3.05) is 19.6 Å². The molecular formula is C11H13ClO4. The minimum Gasteiger partial charge on any atom is -0.497 e. The van der Waals surface area contributed by atoms with Crippen molar-refractivity contribution in [3.8, 4) is 5.75 Å². The van der Waals surface area contributed by atoms with Crippen LogP contribution in [0.5, 0.6) is 5.75 Å². The van der Waals surface area contributed by atoms with Gasteiger partial charge in [-0.1, -0.05) is 0 Å². The largest absolute Gasteiger partial charge is 0.497 e. The summed E-state index contributed by atoms with van der Waals surface area (Å²) < 4.78 is 9.91. The number of methoxy groups -OCH3 is 1. The number of alkyl halides is 1. The Balaban J connectivity index is 2.65. The molecule has 4 nitrogen and oxygen atoms in total. The third-order valence-electron chi connectivity index (χ3n) is 1.98. The Morgan fingerprint density at radius 1 is 1.44 bits per heavy atom. The Morgan fingerprint density at radius 2 is 2.06 bits per heavy atom. The number of aliphatic hydroxyl groups excluding tert-OH is 1. The normalized spacial score (nSPS) is 11.9. The van der Waals surface area contributed by atoms with Gasteiger partial charge < -0.3 is 14.6 Å². The van der Waals surface area contributed by atoms with E-state index in [1.165, 1.54) is 0 Å². The third-order valence-corrected chi connectivity index (χ3v) is 2.32. The molecule has 5 heteroatoms. The molecule has 0 heterocycles. The van der Waals surface area contributed by atoms with Crippen LogP contribution < -0.4 is 4.74 Å². The molecule has 1 aromatic rings. The maximum Gasteiger partial charge on any atom is 0.338 e. The fraction of sp³-hybridized carbons (Fsp3) is 0.364. The van der Waals surface area contributed by atoms with Gasteiger partial charge in [0.05, 0.1) is 25.2 Å². The van der Waals surface area contributed by atoms with Crippen molar-refractivity contribution in [2.24, 2.45) is 0 Å². The van der Waals surface area contributed by atoms with E-state index in [1.54, 1.807) is 31.4 Å². The summed E-state index contributed by atoms with van der Waals surface area (Å²) in [6.45, 7) is -0.286. The lowest BCUT2D eigenvalue weighted by molar-refractivity contribution is 0.0206. The molecule has 1 atom stereocenters. The van der Waals surface area contributed by atoms with Crippen molar-refractivity contribution in [2.45, 2.75) is 6.10 Å². The maximum atomic E-state index is 11.5. The highest BCUT2D eigenvalue weighted by atomic mass is 35.5. The average Bonchev–Trinajstić information content (AvgIpc) is 2.35. The molecule has 0 aliphatic carbocycles. The zero-order valence-corrected chi connectivity index (χ0v) is 9.61. The summed E-state index contributed by atoms with van der Waals surface area (Å²) in [5, 5.41) is 8.82. The summed E-state index contributed by atoms with van der Waals surface area (Å²) in [7, 11) is 1.54. The lowest BCUT2D eigenvalue weighted by atomic mass is 10.2. The molecule has 0 fully saturated rings.